The van der Waals surface area contributed by atoms with Crippen LogP contribution in [0.2, 0.25) is 0 Å². The summed E-state index contributed by atoms with van der Waals surface area (Å²) < 4.78 is 47.9. The van der Waals surface area contributed by atoms with Crippen LogP contribution >= 0.6 is 0 Å². The van der Waals surface area contributed by atoms with Crippen molar-refractivity contribution in [3.05, 3.63) is 29.8 Å². The number of hydrogen-bond acceptors (Lipinski definition) is 3. The molecule has 0 saturated heterocycles. The van der Waals surface area contributed by atoms with Gasteiger partial charge in [-0.3, -0.25) is 4.79 Å². The molecule has 1 atom stereocenters. The maximum Gasteiger partial charge on any atom is 0.418 e. The summed E-state index contributed by atoms with van der Waals surface area (Å²) in [6, 6.07) is 5.23. The Morgan fingerprint density at radius 1 is 1.32 bits per heavy atom. The van der Waals surface area contributed by atoms with Gasteiger partial charge in [-0.1, -0.05) is 12.1 Å². The Bertz CT molecular complexity index is 414. The van der Waals surface area contributed by atoms with Crippen molar-refractivity contribution in [3.8, 4) is 5.75 Å². The molecule has 7 heteroatoms. The molecule has 0 bridgehead atoms. The second-order valence-electron chi connectivity index (χ2n) is 3.71. The number of carboxylic acid groups (broad SMARTS) is 1. The van der Waals surface area contributed by atoms with E-state index in [4.69, 9.17) is 9.84 Å². The van der Waals surface area contributed by atoms with Gasteiger partial charge in [-0.25, -0.2) is 0 Å². The molecule has 0 aliphatic rings. The molecule has 1 rings (SSSR count). The van der Waals surface area contributed by atoms with Gasteiger partial charge in [-0.2, -0.15) is 13.2 Å². The zero-order valence-electron chi connectivity index (χ0n) is 10.1. The predicted octanol–water partition coefficient (Wildman–Crippen LogP) is 2.79. The third kappa shape index (κ3) is 4.78. The van der Waals surface area contributed by atoms with Gasteiger partial charge in [0.2, 0.25) is 0 Å². The first-order valence-electron chi connectivity index (χ1n) is 5.38. The number of carbonyl (C=O) groups is 1. The number of benzene rings is 1. The Labute approximate surface area is 107 Å². The minimum Gasteiger partial charge on any atom is -0.497 e. The first-order valence-corrected chi connectivity index (χ1v) is 5.38. The lowest BCUT2D eigenvalue weighted by atomic mass is 10.1. The van der Waals surface area contributed by atoms with Gasteiger partial charge in [0.15, 0.2) is 6.10 Å². The number of hydrogen-bond donors (Lipinski definition) is 1. The lowest BCUT2D eigenvalue weighted by Gasteiger charge is -2.21. The fraction of sp³-hybridized carbons (Fsp3) is 0.417. The van der Waals surface area contributed by atoms with Crippen molar-refractivity contribution in [2.45, 2.75) is 18.7 Å². The Balaban J connectivity index is 2.81. The molecule has 19 heavy (non-hydrogen) atoms. The molecule has 0 fully saturated rings. The van der Waals surface area contributed by atoms with Gasteiger partial charge in [0.25, 0.3) is 0 Å². The molecule has 4 nitrogen and oxygen atoms in total. The average molecular weight is 278 g/mol. The molecule has 0 saturated carbocycles. The van der Waals surface area contributed by atoms with Crippen LogP contribution in [0.1, 0.15) is 18.1 Å². The van der Waals surface area contributed by atoms with Gasteiger partial charge in [-0.15, -0.1) is 0 Å². The van der Waals surface area contributed by atoms with Crippen molar-refractivity contribution in [1.82, 2.24) is 0 Å². The number of aliphatic carboxylic acids is 1. The molecule has 1 aromatic rings. The van der Waals surface area contributed by atoms with Crippen LogP contribution in [0.5, 0.6) is 5.75 Å². The zero-order valence-corrected chi connectivity index (χ0v) is 10.1. The van der Waals surface area contributed by atoms with Gasteiger partial charge >= 0.3 is 12.1 Å². The van der Waals surface area contributed by atoms with Crippen molar-refractivity contribution < 1.29 is 32.5 Å². The van der Waals surface area contributed by atoms with Crippen LogP contribution in [0.15, 0.2) is 24.3 Å². The molecular formula is C12H13F3O4. The molecular weight excluding hydrogens is 265 g/mol. The van der Waals surface area contributed by atoms with E-state index in [1.165, 1.54) is 31.4 Å². The second kappa shape index (κ2) is 6.42. The summed E-state index contributed by atoms with van der Waals surface area (Å²) in [5.41, 5.74) is -0.0984. The van der Waals surface area contributed by atoms with Crippen molar-refractivity contribution in [3.63, 3.8) is 0 Å². The first kappa shape index (κ1) is 15.3. The van der Waals surface area contributed by atoms with Crippen LogP contribution in [0.4, 0.5) is 13.2 Å². The number of ether oxygens (including phenoxy) is 2. The molecule has 0 aliphatic heterocycles. The lowest BCUT2D eigenvalue weighted by Crippen LogP contribution is -2.24. The molecule has 0 unspecified atom stereocenters. The monoisotopic (exact) mass is 278 g/mol. The maximum absolute atomic E-state index is 12.8. The van der Waals surface area contributed by atoms with E-state index >= 15 is 0 Å². The van der Waals surface area contributed by atoms with E-state index < -0.39 is 31.3 Å². The molecule has 106 valence electrons. The summed E-state index contributed by atoms with van der Waals surface area (Å²) in [4.78, 5) is 10.3. The number of methoxy groups -OCH3 is 1. The van der Waals surface area contributed by atoms with E-state index in [1.807, 2.05) is 0 Å². The summed E-state index contributed by atoms with van der Waals surface area (Å²) in [6.07, 6.45) is -7.23. The summed E-state index contributed by atoms with van der Waals surface area (Å²) in [5, 5.41) is 8.39. The van der Waals surface area contributed by atoms with Gasteiger partial charge in [0, 0.05) is 0 Å². The fourth-order valence-electron chi connectivity index (χ4n) is 1.42. The largest absolute Gasteiger partial charge is 0.497 e. The number of alkyl halides is 3. The second-order valence-corrected chi connectivity index (χ2v) is 3.71. The van der Waals surface area contributed by atoms with E-state index in [9.17, 15) is 18.0 Å². The van der Waals surface area contributed by atoms with Crippen LogP contribution in [-0.2, 0) is 9.53 Å². The molecule has 0 aliphatic carbocycles. The number of halogens is 3. The molecule has 0 amide bonds. The van der Waals surface area contributed by atoms with Crippen LogP contribution in [0, 0.1) is 0 Å². The van der Waals surface area contributed by atoms with Gasteiger partial charge in [-0.05, 0) is 17.7 Å². The molecule has 0 heterocycles. The highest BCUT2D eigenvalue weighted by atomic mass is 19.4. The average Bonchev–Trinajstić information content (AvgIpc) is 2.33. The van der Waals surface area contributed by atoms with Crippen LogP contribution < -0.4 is 4.74 Å². The van der Waals surface area contributed by atoms with E-state index in [1.54, 1.807) is 0 Å². The van der Waals surface area contributed by atoms with Gasteiger partial charge < -0.3 is 14.6 Å². The molecule has 1 aromatic carbocycles. The molecule has 0 spiro atoms. The van der Waals surface area contributed by atoms with Crippen molar-refractivity contribution in [2.75, 3.05) is 13.7 Å². The highest BCUT2D eigenvalue weighted by molar-refractivity contribution is 5.66. The minimum absolute atomic E-state index is 0.0984. The first-order chi connectivity index (χ1) is 8.84. The smallest absolute Gasteiger partial charge is 0.418 e. The van der Waals surface area contributed by atoms with Gasteiger partial charge in [0.1, 0.15) is 5.75 Å². The van der Waals surface area contributed by atoms with E-state index in [0.29, 0.717) is 5.75 Å². The predicted molar refractivity (Wildman–Crippen MR) is 60.0 cm³/mol. The standard InChI is InChI=1S/C12H13F3O4/c1-18-9-4-2-8(3-5-9)11(12(13,14)15)19-7-6-10(16)17/h2-5,11H,6-7H2,1H3,(H,16,17)/t11-/m0/s1. The number of rotatable bonds is 6. The highest BCUT2D eigenvalue weighted by Crippen LogP contribution is 2.36. The summed E-state index contributed by atoms with van der Waals surface area (Å²) in [7, 11) is 1.40. The Morgan fingerprint density at radius 3 is 2.32 bits per heavy atom. The zero-order chi connectivity index (χ0) is 14.5. The van der Waals surface area contributed by atoms with Crippen molar-refractivity contribution in [2.24, 2.45) is 0 Å². The fourth-order valence-corrected chi connectivity index (χ4v) is 1.42. The third-order valence-electron chi connectivity index (χ3n) is 2.32. The molecule has 1 N–H and O–H groups in total. The van der Waals surface area contributed by atoms with Gasteiger partial charge in [0.05, 0.1) is 20.1 Å². The Hall–Kier alpha value is -1.76. The SMILES string of the molecule is COc1ccc([C@H](OCCC(=O)O)C(F)(F)F)cc1. The maximum atomic E-state index is 12.8. The quantitative estimate of drug-likeness (QED) is 0.869. The highest BCUT2D eigenvalue weighted by Gasteiger charge is 2.41. The molecule has 0 radical (unpaired) electrons. The third-order valence-corrected chi connectivity index (χ3v) is 2.32. The van der Waals surface area contributed by atoms with Crippen LogP contribution in [0.25, 0.3) is 0 Å². The van der Waals surface area contributed by atoms with Crippen molar-refractivity contribution >= 4 is 5.97 Å². The van der Waals surface area contributed by atoms with E-state index in [0.717, 1.165) is 0 Å². The summed E-state index contributed by atoms with van der Waals surface area (Å²) >= 11 is 0. The van der Waals surface area contributed by atoms with E-state index in [2.05, 4.69) is 4.74 Å². The van der Waals surface area contributed by atoms with E-state index in [-0.39, 0.29) is 5.56 Å². The summed E-state index contributed by atoms with van der Waals surface area (Å²) in [5.74, 6) is -0.786. The lowest BCUT2D eigenvalue weighted by molar-refractivity contribution is -0.224. The minimum atomic E-state index is -4.60. The Morgan fingerprint density at radius 2 is 1.89 bits per heavy atom. The topological polar surface area (TPSA) is 55.8 Å². The van der Waals surface area contributed by atoms with Crippen LogP contribution in [-0.4, -0.2) is 31.0 Å². The normalized spacial score (nSPS) is 13.1. The molecule has 0 aromatic heterocycles. The van der Waals surface area contributed by atoms with Crippen molar-refractivity contribution in [1.29, 1.82) is 0 Å². The Kier molecular flexibility index (Phi) is 5.17. The number of carboxylic acids is 1. The summed E-state index contributed by atoms with van der Waals surface area (Å²) in [6.45, 7) is -0.508. The van der Waals surface area contributed by atoms with Crippen LogP contribution in [0.3, 0.4) is 0 Å².